The van der Waals surface area contributed by atoms with Crippen LogP contribution in [0.2, 0.25) is 0 Å². The smallest absolute Gasteiger partial charge is 0.251 e. The number of phenolic OH excluding ortho intramolecular Hbond substituents is 1. The van der Waals surface area contributed by atoms with E-state index in [1.165, 1.54) is 41.6 Å². The van der Waals surface area contributed by atoms with Crippen molar-refractivity contribution in [2.45, 2.75) is 62.9 Å². The fourth-order valence-electron chi connectivity index (χ4n) is 5.94. The molecule has 1 aromatic heterocycles. The summed E-state index contributed by atoms with van der Waals surface area (Å²) in [6.07, 6.45) is 2.72. The number of likely N-dealkylation sites (tertiary alicyclic amines) is 1. The van der Waals surface area contributed by atoms with Crippen molar-refractivity contribution >= 4 is 27.6 Å². The Morgan fingerprint density at radius 1 is 1.09 bits per heavy atom. The van der Waals surface area contributed by atoms with Crippen LogP contribution in [0, 0.1) is 5.21 Å². The molecule has 232 valence electrons. The van der Waals surface area contributed by atoms with Gasteiger partial charge in [-0.3, -0.25) is 14.4 Å². The number of benzene rings is 2. The number of pyridine rings is 1. The summed E-state index contributed by atoms with van der Waals surface area (Å²) < 4.78 is 28.3. The molecule has 3 aromatic rings. The highest BCUT2D eigenvalue weighted by Gasteiger charge is 2.54. The van der Waals surface area contributed by atoms with Crippen molar-refractivity contribution < 1.29 is 32.6 Å². The van der Waals surface area contributed by atoms with Gasteiger partial charge in [-0.2, -0.15) is 9.04 Å². The van der Waals surface area contributed by atoms with Crippen LogP contribution in [-0.4, -0.2) is 71.5 Å². The predicted octanol–water partition coefficient (Wildman–Crippen LogP) is 2.05. The van der Waals surface area contributed by atoms with Crippen LogP contribution in [-0.2, 0) is 37.2 Å². The molecular formula is C32H36N4O7S. The van der Waals surface area contributed by atoms with Crippen molar-refractivity contribution in [1.29, 1.82) is 0 Å². The van der Waals surface area contributed by atoms with Gasteiger partial charge in [-0.05, 0) is 53.3 Å². The minimum absolute atomic E-state index is 0.00627. The quantitative estimate of drug-likeness (QED) is 0.289. The Hall–Kier alpha value is -4.29. The lowest BCUT2D eigenvalue weighted by Gasteiger charge is -2.28. The first-order valence-electron chi connectivity index (χ1n) is 14.4. The number of Topliss-reactive ketones (excluding diaryl/α,β-unsaturated/α-hetero) is 1. The largest absolute Gasteiger partial charge is 0.619 e. The Bertz CT molecular complexity index is 1690. The molecule has 2 amide bonds. The molecule has 2 aliphatic heterocycles. The third kappa shape index (κ3) is 6.61. The average molecular weight is 621 g/mol. The molecule has 2 saturated heterocycles. The fraction of sp³-hybridized carbons (Fsp3) is 0.375. The number of amides is 2. The number of fused-ring (bicyclic) bond motifs is 1. The second-order valence-corrected chi connectivity index (χ2v) is 14.3. The Morgan fingerprint density at radius 3 is 2.45 bits per heavy atom. The van der Waals surface area contributed by atoms with E-state index in [-0.39, 0.29) is 42.7 Å². The summed E-state index contributed by atoms with van der Waals surface area (Å²) in [5.41, 5.74) is 2.18. The SMILES string of the molecule is CC(C)(C)c1ccc(C(=O)NC(Cc2cccc(O)c2)C(=O)N2CCC3C2C(=O)CN3S(=O)(=O)Cc2ccc[n+]([O-])c2)cc1. The maximum absolute atomic E-state index is 14.1. The van der Waals surface area contributed by atoms with Crippen LogP contribution in [0.15, 0.2) is 73.1 Å². The molecule has 0 radical (unpaired) electrons. The molecule has 3 heterocycles. The highest BCUT2D eigenvalue weighted by molar-refractivity contribution is 7.88. The Labute approximate surface area is 256 Å². The lowest BCUT2D eigenvalue weighted by atomic mass is 9.86. The Kier molecular flexibility index (Phi) is 8.50. The van der Waals surface area contributed by atoms with Crippen LogP contribution in [0.3, 0.4) is 0 Å². The van der Waals surface area contributed by atoms with Crippen LogP contribution < -0.4 is 10.0 Å². The molecular weight excluding hydrogens is 584 g/mol. The predicted molar refractivity (Wildman–Crippen MR) is 162 cm³/mol. The number of aromatic hydroxyl groups is 1. The molecule has 3 unspecified atom stereocenters. The molecule has 5 rings (SSSR count). The van der Waals surface area contributed by atoms with Crippen molar-refractivity contribution in [2.24, 2.45) is 0 Å². The van der Waals surface area contributed by atoms with E-state index < -0.39 is 51.5 Å². The standard InChI is InChI=1S/C32H36N4O7S/c1-32(2,3)24-11-9-23(10-12-24)30(39)33-26(17-21-6-4-8-25(37)16-21)31(40)35-15-13-27-29(35)28(38)19-36(27)44(42,43)20-22-7-5-14-34(41)18-22/h4-12,14,16,18,26-27,29,37H,13,15,17,19-20H2,1-3H3,(H,33,39). The van der Waals surface area contributed by atoms with Crippen LogP contribution >= 0.6 is 0 Å². The molecule has 12 heteroatoms. The summed E-state index contributed by atoms with van der Waals surface area (Å²) in [4.78, 5) is 42.0. The number of aromatic nitrogens is 1. The van der Waals surface area contributed by atoms with Gasteiger partial charge in [0.2, 0.25) is 15.9 Å². The van der Waals surface area contributed by atoms with Gasteiger partial charge in [0, 0.05) is 30.2 Å². The molecule has 0 spiro atoms. The van der Waals surface area contributed by atoms with E-state index in [0.29, 0.717) is 15.9 Å². The number of hydrogen-bond donors (Lipinski definition) is 2. The topological polar surface area (TPSA) is 151 Å². The summed E-state index contributed by atoms with van der Waals surface area (Å²) in [7, 11) is -3.98. The van der Waals surface area contributed by atoms with Crippen LogP contribution in [0.1, 0.15) is 54.2 Å². The van der Waals surface area contributed by atoms with Gasteiger partial charge < -0.3 is 20.5 Å². The lowest BCUT2D eigenvalue weighted by Crippen LogP contribution is -2.53. The normalized spacial score (nSPS) is 19.5. The van der Waals surface area contributed by atoms with E-state index in [2.05, 4.69) is 26.1 Å². The average Bonchev–Trinajstić information content (AvgIpc) is 3.53. The second-order valence-electron chi connectivity index (χ2n) is 12.4. The van der Waals surface area contributed by atoms with E-state index in [1.54, 1.807) is 24.3 Å². The first-order valence-corrected chi connectivity index (χ1v) is 16.0. The monoisotopic (exact) mass is 620 g/mol. The summed E-state index contributed by atoms with van der Waals surface area (Å²) >= 11 is 0. The zero-order valence-corrected chi connectivity index (χ0v) is 25.7. The summed E-state index contributed by atoms with van der Waals surface area (Å²) in [5.74, 6) is -1.84. The molecule has 0 saturated carbocycles. The van der Waals surface area contributed by atoms with E-state index in [4.69, 9.17) is 0 Å². The van der Waals surface area contributed by atoms with Crippen molar-refractivity contribution in [2.75, 3.05) is 13.1 Å². The molecule has 2 aromatic carbocycles. The molecule has 2 fully saturated rings. The molecule has 2 N–H and O–H groups in total. The Balaban J connectivity index is 1.37. The van der Waals surface area contributed by atoms with Gasteiger partial charge >= 0.3 is 0 Å². The number of nitrogens with zero attached hydrogens (tertiary/aromatic N) is 3. The van der Waals surface area contributed by atoms with Gasteiger partial charge in [-0.1, -0.05) is 45.0 Å². The molecule has 0 aliphatic carbocycles. The van der Waals surface area contributed by atoms with Gasteiger partial charge in [0.15, 0.2) is 18.2 Å². The highest BCUT2D eigenvalue weighted by Crippen LogP contribution is 2.33. The van der Waals surface area contributed by atoms with E-state index in [1.807, 2.05) is 12.1 Å². The minimum Gasteiger partial charge on any atom is -0.619 e. The Morgan fingerprint density at radius 2 is 1.80 bits per heavy atom. The number of carbonyl (C=O) groups excluding carboxylic acids is 3. The number of ketones is 1. The molecule has 11 nitrogen and oxygen atoms in total. The van der Waals surface area contributed by atoms with Gasteiger partial charge in [0.05, 0.1) is 18.3 Å². The molecule has 44 heavy (non-hydrogen) atoms. The number of hydrogen-bond acceptors (Lipinski definition) is 7. The molecule has 2 aliphatic rings. The van der Waals surface area contributed by atoms with E-state index >= 15 is 0 Å². The number of sulfonamides is 1. The van der Waals surface area contributed by atoms with Crippen molar-refractivity contribution in [3.8, 4) is 5.75 Å². The van der Waals surface area contributed by atoms with Gasteiger partial charge in [-0.15, -0.1) is 0 Å². The van der Waals surface area contributed by atoms with Crippen LogP contribution in [0.4, 0.5) is 0 Å². The second kappa shape index (κ2) is 12.0. The summed E-state index contributed by atoms with van der Waals surface area (Å²) in [6, 6.07) is 13.6. The van der Waals surface area contributed by atoms with E-state index in [9.17, 15) is 33.1 Å². The van der Waals surface area contributed by atoms with Crippen molar-refractivity contribution in [3.05, 3.63) is 101 Å². The third-order valence-electron chi connectivity index (χ3n) is 8.17. The van der Waals surface area contributed by atoms with Gasteiger partial charge in [-0.25, -0.2) is 8.42 Å². The highest BCUT2D eigenvalue weighted by atomic mass is 32.2. The molecule has 3 atom stereocenters. The summed E-state index contributed by atoms with van der Waals surface area (Å²) in [5, 5.41) is 24.5. The molecule has 0 bridgehead atoms. The van der Waals surface area contributed by atoms with Gasteiger partial charge in [0.25, 0.3) is 5.91 Å². The third-order valence-corrected chi connectivity index (χ3v) is 9.98. The zero-order valence-electron chi connectivity index (χ0n) is 24.8. The van der Waals surface area contributed by atoms with Crippen LogP contribution in [0.25, 0.3) is 0 Å². The number of carbonyl (C=O) groups is 3. The first kappa shape index (κ1) is 31.1. The zero-order chi connectivity index (χ0) is 31.8. The number of nitrogens with one attached hydrogen (secondary N) is 1. The van der Waals surface area contributed by atoms with E-state index in [0.717, 1.165) is 9.87 Å². The maximum Gasteiger partial charge on any atom is 0.251 e. The number of rotatable bonds is 8. The minimum atomic E-state index is -3.98. The summed E-state index contributed by atoms with van der Waals surface area (Å²) in [6.45, 7) is 5.94. The first-order chi connectivity index (χ1) is 20.7. The lowest BCUT2D eigenvalue weighted by molar-refractivity contribution is -0.605. The van der Waals surface area contributed by atoms with Gasteiger partial charge in [0.1, 0.15) is 17.8 Å². The van der Waals surface area contributed by atoms with Crippen molar-refractivity contribution in [1.82, 2.24) is 14.5 Å². The maximum atomic E-state index is 14.1. The van der Waals surface area contributed by atoms with Crippen molar-refractivity contribution in [3.63, 3.8) is 0 Å². The van der Waals surface area contributed by atoms with Crippen LogP contribution in [0.5, 0.6) is 5.75 Å². The fourth-order valence-corrected chi connectivity index (χ4v) is 7.66. The number of phenols is 1.